The lowest BCUT2D eigenvalue weighted by Gasteiger charge is -2.28. The molecule has 18 heteroatoms. The number of hydrogen-bond acceptors (Lipinski definition) is 11. The fraction of sp³-hybridized carbons (Fsp3) is 0.788. The van der Waals surface area contributed by atoms with E-state index in [1.165, 1.54) is 13.8 Å². The van der Waals surface area contributed by atoms with Gasteiger partial charge in [0.15, 0.2) is 0 Å². The third-order valence-corrected chi connectivity index (χ3v) is 8.81. The van der Waals surface area contributed by atoms with Gasteiger partial charge in [-0.15, -0.1) is 0 Å². The monoisotopic (exact) mass is 729 g/mol. The number of nitrogens with two attached hydrogens (primary N) is 3. The molecule has 0 saturated carbocycles. The highest BCUT2D eigenvalue weighted by atomic mass is 16.4. The Morgan fingerprint density at radius 1 is 0.549 bits per heavy atom. The molecule has 6 amide bonds. The van der Waals surface area contributed by atoms with Crippen LogP contribution in [0, 0.1) is 11.8 Å². The Bertz CT molecular complexity index is 1140. The zero-order chi connectivity index (χ0) is 39.3. The van der Waals surface area contributed by atoms with Crippen molar-refractivity contribution in [2.75, 3.05) is 19.7 Å². The molecular weight excluding hydrogens is 666 g/mol. The average Bonchev–Trinajstić information content (AvgIpc) is 3.10. The van der Waals surface area contributed by atoms with Gasteiger partial charge in [0.1, 0.15) is 36.3 Å². The van der Waals surface area contributed by atoms with E-state index >= 15 is 0 Å². The highest BCUT2D eigenvalue weighted by Gasteiger charge is 2.34. The van der Waals surface area contributed by atoms with Crippen molar-refractivity contribution >= 4 is 41.4 Å². The first-order chi connectivity index (χ1) is 24.0. The molecule has 0 spiro atoms. The van der Waals surface area contributed by atoms with E-state index in [0.717, 1.165) is 0 Å². The Morgan fingerprint density at radius 3 is 1.45 bits per heavy atom. The smallest absolute Gasteiger partial charge is 0.326 e. The molecule has 0 rings (SSSR count). The van der Waals surface area contributed by atoms with Crippen LogP contribution < -0.4 is 49.1 Å². The molecule has 0 aromatic carbocycles. The van der Waals surface area contributed by atoms with Crippen molar-refractivity contribution in [3.8, 4) is 0 Å². The van der Waals surface area contributed by atoms with Gasteiger partial charge < -0.3 is 59.3 Å². The standard InChI is InChI=1S/C33H63N9O9/c1-7-18(3)25(36)31(48)38-20(5)27(44)37-21(6)28(45)42-26(19(4)8-2)32(49)39-22(13-9-11-15-34)29(46)41-24(17-43)30(47)40-23(33(50)51)14-10-12-16-35/h18-26,43H,7-17,34-36H2,1-6H3,(H,37,44)(H,38,48)(H,39,49)(H,40,47)(H,41,46)(H,42,45)(H,50,51)/t18-,19-,20-,21-,22-,23-,24-,25-,26-/m0/s1. The molecule has 0 bridgehead atoms. The van der Waals surface area contributed by atoms with Gasteiger partial charge in [-0.3, -0.25) is 28.8 Å². The van der Waals surface area contributed by atoms with E-state index in [-0.39, 0.29) is 18.8 Å². The van der Waals surface area contributed by atoms with E-state index < -0.39 is 96.2 Å². The number of carbonyl (C=O) groups excluding carboxylic acids is 6. The number of carboxylic acids is 1. The third-order valence-electron chi connectivity index (χ3n) is 8.81. The van der Waals surface area contributed by atoms with Crippen molar-refractivity contribution in [2.45, 2.75) is 135 Å². The number of nitrogens with one attached hydrogen (secondary N) is 6. The Morgan fingerprint density at radius 2 is 0.980 bits per heavy atom. The van der Waals surface area contributed by atoms with Gasteiger partial charge >= 0.3 is 5.97 Å². The van der Waals surface area contributed by atoms with Gasteiger partial charge in [0.25, 0.3) is 0 Å². The summed E-state index contributed by atoms with van der Waals surface area (Å²) in [7, 11) is 0. The second-order valence-electron chi connectivity index (χ2n) is 13.0. The van der Waals surface area contributed by atoms with Gasteiger partial charge in [0.05, 0.1) is 12.6 Å². The number of aliphatic carboxylic acids is 1. The minimum absolute atomic E-state index is 0.0931. The first kappa shape index (κ1) is 47.1. The van der Waals surface area contributed by atoms with Crippen LogP contribution in [-0.4, -0.2) is 114 Å². The summed E-state index contributed by atoms with van der Waals surface area (Å²) in [5.41, 5.74) is 17.0. The van der Waals surface area contributed by atoms with Crippen molar-refractivity contribution in [1.82, 2.24) is 31.9 Å². The molecule has 0 heterocycles. The molecule has 0 aromatic heterocycles. The van der Waals surface area contributed by atoms with E-state index in [1.807, 2.05) is 13.8 Å². The van der Waals surface area contributed by atoms with Crippen LogP contribution in [-0.2, 0) is 33.6 Å². The summed E-state index contributed by atoms with van der Waals surface area (Å²) in [6.45, 7) is 9.89. The number of carboxylic acid groups (broad SMARTS) is 1. The molecule has 0 aliphatic rings. The Kier molecular flexibility index (Phi) is 23.2. The van der Waals surface area contributed by atoms with Gasteiger partial charge in [-0.05, 0) is 77.3 Å². The molecule has 0 unspecified atom stereocenters. The van der Waals surface area contributed by atoms with Crippen molar-refractivity contribution in [3.63, 3.8) is 0 Å². The maximum atomic E-state index is 13.6. The molecule has 294 valence electrons. The SMILES string of the molecule is CC[C@H](C)[C@H](N)C(=O)N[C@@H](C)C(=O)N[C@@H](C)C(=O)N[C@H](C(=O)N[C@@H](CCCCN)C(=O)N[C@@H](CO)C(=O)N[C@@H](CCCCN)C(=O)O)[C@@H](C)CC. The zero-order valence-electron chi connectivity index (χ0n) is 31.0. The predicted molar refractivity (Wildman–Crippen MR) is 190 cm³/mol. The molecule has 0 radical (unpaired) electrons. The number of hydrogen-bond donors (Lipinski definition) is 11. The molecule has 0 fully saturated rings. The lowest BCUT2D eigenvalue weighted by Crippen LogP contribution is -2.60. The molecule has 0 aromatic rings. The molecule has 0 aliphatic carbocycles. The predicted octanol–water partition coefficient (Wildman–Crippen LogP) is -2.31. The van der Waals surface area contributed by atoms with Crippen molar-refractivity contribution in [2.24, 2.45) is 29.0 Å². The lowest BCUT2D eigenvalue weighted by molar-refractivity contribution is -0.143. The van der Waals surface area contributed by atoms with Crippen molar-refractivity contribution in [1.29, 1.82) is 0 Å². The van der Waals surface area contributed by atoms with E-state index in [0.29, 0.717) is 51.6 Å². The zero-order valence-corrected chi connectivity index (χ0v) is 31.0. The van der Waals surface area contributed by atoms with Crippen LogP contribution in [0.2, 0.25) is 0 Å². The molecule has 0 saturated heterocycles. The first-order valence-corrected chi connectivity index (χ1v) is 17.8. The lowest BCUT2D eigenvalue weighted by atomic mass is 9.97. The number of aliphatic hydroxyl groups is 1. The fourth-order valence-electron chi connectivity index (χ4n) is 4.78. The second-order valence-corrected chi connectivity index (χ2v) is 13.0. The maximum absolute atomic E-state index is 13.6. The van der Waals surface area contributed by atoms with Crippen LogP contribution in [0.15, 0.2) is 0 Å². The number of amides is 6. The summed E-state index contributed by atoms with van der Waals surface area (Å²) in [5.74, 6) is -6.11. The van der Waals surface area contributed by atoms with Crippen LogP contribution >= 0.6 is 0 Å². The number of rotatable bonds is 26. The van der Waals surface area contributed by atoms with Crippen LogP contribution in [0.1, 0.15) is 92.9 Å². The summed E-state index contributed by atoms with van der Waals surface area (Å²) in [4.78, 5) is 89.8. The topological polar surface area (TPSA) is 310 Å². The van der Waals surface area contributed by atoms with E-state index in [4.69, 9.17) is 17.2 Å². The quantitative estimate of drug-likeness (QED) is 0.0419. The molecule has 18 nitrogen and oxygen atoms in total. The number of carbonyl (C=O) groups is 7. The first-order valence-electron chi connectivity index (χ1n) is 17.8. The minimum Gasteiger partial charge on any atom is -0.480 e. The average molecular weight is 730 g/mol. The van der Waals surface area contributed by atoms with Crippen LogP contribution in [0.5, 0.6) is 0 Å². The number of aliphatic hydroxyl groups excluding tert-OH is 1. The second kappa shape index (κ2) is 25.1. The van der Waals surface area contributed by atoms with Crippen LogP contribution in [0.4, 0.5) is 0 Å². The molecule has 0 aliphatic heterocycles. The highest BCUT2D eigenvalue weighted by molar-refractivity contribution is 5.97. The maximum Gasteiger partial charge on any atom is 0.326 e. The molecule has 51 heavy (non-hydrogen) atoms. The summed E-state index contributed by atoms with van der Waals surface area (Å²) >= 11 is 0. The van der Waals surface area contributed by atoms with E-state index in [1.54, 1.807) is 13.8 Å². The molecule has 14 N–H and O–H groups in total. The molecular formula is C33H63N9O9. The molecule has 9 atom stereocenters. The summed E-state index contributed by atoms with van der Waals surface area (Å²) < 4.78 is 0. The number of unbranched alkanes of at least 4 members (excludes halogenated alkanes) is 2. The highest BCUT2D eigenvalue weighted by Crippen LogP contribution is 2.11. The Balaban J connectivity index is 5.75. The van der Waals surface area contributed by atoms with Gasteiger partial charge in [-0.1, -0.05) is 40.5 Å². The minimum atomic E-state index is -1.52. The summed E-state index contributed by atoms with van der Waals surface area (Å²) in [5, 5.41) is 34.4. The van der Waals surface area contributed by atoms with Crippen LogP contribution in [0.25, 0.3) is 0 Å². The van der Waals surface area contributed by atoms with Crippen molar-refractivity contribution < 1.29 is 43.8 Å². The van der Waals surface area contributed by atoms with Crippen LogP contribution in [0.3, 0.4) is 0 Å². The van der Waals surface area contributed by atoms with E-state index in [9.17, 15) is 43.8 Å². The van der Waals surface area contributed by atoms with Gasteiger partial charge in [-0.2, -0.15) is 0 Å². The normalized spacial score (nSPS) is 16.4. The summed E-state index contributed by atoms with van der Waals surface area (Å²) in [6, 6.07) is -8.06. The van der Waals surface area contributed by atoms with Gasteiger partial charge in [-0.25, -0.2) is 4.79 Å². The fourth-order valence-corrected chi connectivity index (χ4v) is 4.78. The third kappa shape index (κ3) is 17.3. The van der Waals surface area contributed by atoms with Gasteiger partial charge in [0, 0.05) is 0 Å². The summed E-state index contributed by atoms with van der Waals surface area (Å²) in [6.07, 6.45) is 3.21. The van der Waals surface area contributed by atoms with Crippen molar-refractivity contribution in [3.05, 3.63) is 0 Å². The van der Waals surface area contributed by atoms with E-state index in [2.05, 4.69) is 31.9 Å². The Hall–Kier alpha value is -3.87. The largest absolute Gasteiger partial charge is 0.480 e. The van der Waals surface area contributed by atoms with Gasteiger partial charge in [0.2, 0.25) is 35.4 Å². The Labute approximate surface area is 300 Å².